The summed E-state index contributed by atoms with van der Waals surface area (Å²) in [5.74, 6) is -0.0392. The maximum atomic E-state index is 12.4. The average Bonchev–Trinajstić information content (AvgIpc) is 2.96. The van der Waals surface area contributed by atoms with E-state index in [1.165, 1.54) is 0 Å². The molecule has 0 aromatic rings. The molecule has 3 unspecified atom stereocenters. The molecule has 20 heavy (non-hydrogen) atoms. The number of rotatable bonds is 3. The molecule has 3 saturated heterocycles. The Labute approximate surface area is 119 Å². The van der Waals surface area contributed by atoms with E-state index in [1.807, 2.05) is 4.90 Å². The highest BCUT2D eigenvalue weighted by Crippen LogP contribution is 2.41. The Morgan fingerprint density at radius 3 is 2.45 bits per heavy atom. The number of nitrogens with zero attached hydrogens (tertiary/aromatic N) is 2. The molecule has 1 amide bonds. The number of hydrogen-bond donors (Lipinski definition) is 1. The van der Waals surface area contributed by atoms with Gasteiger partial charge in [0.05, 0.1) is 12.5 Å². The third-order valence-electron chi connectivity index (χ3n) is 5.45. The molecule has 3 atom stereocenters. The van der Waals surface area contributed by atoms with Crippen LogP contribution in [0.3, 0.4) is 0 Å². The van der Waals surface area contributed by atoms with Crippen LogP contribution in [0.25, 0.3) is 0 Å². The molecule has 3 aliphatic rings. The summed E-state index contributed by atoms with van der Waals surface area (Å²) in [6.07, 6.45) is 4.90. The highest BCUT2D eigenvalue weighted by Gasteiger charge is 2.49. The zero-order chi connectivity index (χ0) is 14.3. The van der Waals surface area contributed by atoms with Gasteiger partial charge in [-0.15, -0.1) is 0 Å². The zero-order valence-electron chi connectivity index (χ0n) is 12.1. The summed E-state index contributed by atoms with van der Waals surface area (Å²) in [6, 6.07) is 0.402. The first kappa shape index (κ1) is 13.9. The standard InChI is InChI=1S/C15H24N2O3/c1-10-4-6-16(7-5-10)14(18)9-17-11-2-3-13(17)12(8-11)15(19)20/h10-13H,2-9H2,1H3,(H,19,20). The molecule has 2 bridgehead atoms. The zero-order valence-corrected chi connectivity index (χ0v) is 12.1. The molecule has 5 nitrogen and oxygen atoms in total. The van der Waals surface area contributed by atoms with E-state index in [4.69, 9.17) is 0 Å². The van der Waals surface area contributed by atoms with Crippen molar-refractivity contribution in [2.24, 2.45) is 11.8 Å². The van der Waals surface area contributed by atoms with Crippen LogP contribution in [0.15, 0.2) is 0 Å². The molecule has 0 radical (unpaired) electrons. The highest BCUT2D eigenvalue weighted by molar-refractivity contribution is 5.79. The SMILES string of the molecule is CC1CCN(C(=O)CN2C3CCC2C(C(=O)O)C3)CC1. The molecule has 0 aromatic heterocycles. The topological polar surface area (TPSA) is 60.9 Å². The molecule has 0 spiro atoms. The van der Waals surface area contributed by atoms with E-state index in [0.717, 1.165) is 51.1 Å². The lowest BCUT2D eigenvalue weighted by atomic mass is 9.89. The minimum atomic E-state index is -0.693. The van der Waals surface area contributed by atoms with Gasteiger partial charge in [-0.25, -0.2) is 0 Å². The molecule has 3 fully saturated rings. The highest BCUT2D eigenvalue weighted by atomic mass is 16.4. The van der Waals surface area contributed by atoms with Gasteiger partial charge in [-0.1, -0.05) is 6.92 Å². The minimum Gasteiger partial charge on any atom is -0.481 e. The number of likely N-dealkylation sites (tertiary alicyclic amines) is 1. The largest absolute Gasteiger partial charge is 0.481 e. The molecule has 0 aliphatic carbocycles. The lowest BCUT2D eigenvalue weighted by Gasteiger charge is -2.32. The molecular weight excluding hydrogens is 256 g/mol. The second kappa shape index (κ2) is 5.35. The number of amides is 1. The summed E-state index contributed by atoms with van der Waals surface area (Å²) in [6.45, 7) is 4.39. The molecule has 0 aromatic carbocycles. The maximum Gasteiger partial charge on any atom is 0.308 e. The first-order chi connectivity index (χ1) is 9.56. The van der Waals surface area contributed by atoms with Crippen LogP contribution in [0.1, 0.15) is 39.0 Å². The first-order valence-electron chi connectivity index (χ1n) is 7.82. The van der Waals surface area contributed by atoms with E-state index >= 15 is 0 Å². The number of carbonyl (C=O) groups excluding carboxylic acids is 1. The number of carbonyl (C=O) groups is 2. The van der Waals surface area contributed by atoms with Crippen molar-refractivity contribution < 1.29 is 14.7 Å². The van der Waals surface area contributed by atoms with E-state index in [1.54, 1.807) is 0 Å². The van der Waals surface area contributed by atoms with Crippen molar-refractivity contribution in [3.8, 4) is 0 Å². The van der Waals surface area contributed by atoms with Crippen LogP contribution in [0, 0.1) is 11.8 Å². The summed E-state index contributed by atoms with van der Waals surface area (Å²) >= 11 is 0. The predicted octanol–water partition coefficient (Wildman–Crippen LogP) is 1.18. The van der Waals surface area contributed by atoms with Gasteiger partial charge in [-0.05, 0) is 38.0 Å². The Morgan fingerprint density at radius 2 is 1.85 bits per heavy atom. The van der Waals surface area contributed by atoms with E-state index < -0.39 is 5.97 Å². The van der Waals surface area contributed by atoms with Crippen LogP contribution >= 0.6 is 0 Å². The molecule has 112 valence electrons. The number of fused-ring (bicyclic) bond motifs is 2. The monoisotopic (exact) mass is 280 g/mol. The van der Waals surface area contributed by atoms with Gasteiger partial charge < -0.3 is 10.0 Å². The van der Waals surface area contributed by atoms with Gasteiger partial charge >= 0.3 is 5.97 Å². The summed E-state index contributed by atoms with van der Waals surface area (Å²) in [7, 11) is 0. The molecule has 3 aliphatic heterocycles. The van der Waals surface area contributed by atoms with Crippen molar-refractivity contribution >= 4 is 11.9 Å². The van der Waals surface area contributed by atoms with Gasteiger partial charge in [0.1, 0.15) is 0 Å². The number of hydrogen-bond acceptors (Lipinski definition) is 3. The summed E-state index contributed by atoms with van der Waals surface area (Å²) in [4.78, 5) is 27.8. The Balaban J connectivity index is 1.58. The number of carboxylic acid groups (broad SMARTS) is 1. The number of piperidine rings is 1. The van der Waals surface area contributed by atoms with E-state index in [0.29, 0.717) is 12.6 Å². The smallest absolute Gasteiger partial charge is 0.308 e. The maximum absolute atomic E-state index is 12.4. The van der Waals surface area contributed by atoms with Gasteiger partial charge in [0.15, 0.2) is 0 Å². The van der Waals surface area contributed by atoms with Crippen LogP contribution in [0.2, 0.25) is 0 Å². The Bertz CT molecular complexity index is 404. The molecule has 0 saturated carbocycles. The molecule has 3 heterocycles. The van der Waals surface area contributed by atoms with Crippen LogP contribution in [-0.4, -0.2) is 58.5 Å². The summed E-state index contributed by atoms with van der Waals surface area (Å²) in [5.41, 5.74) is 0. The van der Waals surface area contributed by atoms with Crippen molar-refractivity contribution in [1.29, 1.82) is 0 Å². The number of carboxylic acids is 1. The van der Waals surface area contributed by atoms with E-state index in [9.17, 15) is 14.7 Å². The van der Waals surface area contributed by atoms with Crippen LogP contribution in [-0.2, 0) is 9.59 Å². The Morgan fingerprint density at radius 1 is 1.15 bits per heavy atom. The quantitative estimate of drug-likeness (QED) is 0.843. The van der Waals surface area contributed by atoms with Gasteiger partial charge in [0, 0.05) is 25.2 Å². The fraction of sp³-hybridized carbons (Fsp3) is 0.867. The van der Waals surface area contributed by atoms with Crippen molar-refractivity contribution in [3.63, 3.8) is 0 Å². The second-order valence-corrected chi connectivity index (χ2v) is 6.71. The van der Waals surface area contributed by atoms with Gasteiger partial charge in [0.25, 0.3) is 0 Å². The number of aliphatic carboxylic acids is 1. The third-order valence-corrected chi connectivity index (χ3v) is 5.45. The van der Waals surface area contributed by atoms with Crippen LogP contribution < -0.4 is 0 Å². The second-order valence-electron chi connectivity index (χ2n) is 6.71. The van der Waals surface area contributed by atoms with Crippen molar-refractivity contribution in [2.75, 3.05) is 19.6 Å². The minimum absolute atomic E-state index is 0.0881. The lowest BCUT2D eigenvalue weighted by Crippen LogP contribution is -2.45. The summed E-state index contributed by atoms with van der Waals surface area (Å²) < 4.78 is 0. The fourth-order valence-electron chi connectivity index (χ4n) is 4.13. The average molecular weight is 280 g/mol. The molecule has 5 heteroatoms. The Kier molecular flexibility index (Phi) is 3.71. The van der Waals surface area contributed by atoms with Crippen molar-refractivity contribution in [1.82, 2.24) is 9.80 Å². The summed E-state index contributed by atoms with van der Waals surface area (Å²) in [5, 5.41) is 9.24. The van der Waals surface area contributed by atoms with Crippen LogP contribution in [0.5, 0.6) is 0 Å². The van der Waals surface area contributed by atoms with Gasteiger partial charge in [-0.2, -0.15) is 0 Å². The molecule has 1 N–H and O–H groups in total. The van der Waals surface area contributed by atoms with Gasteiger partial charge in [0.2, 0.25) is 5.91 Å². The van der Waals surface area contributed by atoms with E-state index in [2.05, 4.69) is 11.8 Å². The lowest BCUT2D eigenvalue weighted by molar-refractivity contribution is -0.143. The van der Waals surface area contributed by atoms with E-state index in [-0.39, 0.29) is 17.9 Å². The van der Waals surface area contributed by atoms with Gasteiger partial charge in [-0.3, -0.25) is 14.5 Å². The first-order valence-corrected chi connectivity index (χ1v) is 7.82. The fourth-order valence-corrected chi connectivity index (χ4v) is 4.13. The third kappa shape index (κ3) is 2.43. The normalized spacial score (nSPS) is 34.6. The molecular formula is C15H24N2O3. The van der Waals surface area contributed by atoms with Crippen molar-refractivity contribution in [2.45, 2.75) is 51.1 Å². The molecule has 3 rings (SSSR count). The predicted molar refractivity (Wildman–Crippen MR) is 74.2 cm³/mol. The van der Waals surface area contributed by atoms with Crippen LogP contribution in [0.4, 0.5) is 0 Å². The Hall–Kier alpha value is -1.10. The van der Waals surface area contributed by atoms with Crippen molar-refractivity contribution in [3.05, 3.63) is 0 Å².